The van der Waals surface area contributed by atoms with E-state index in [1.54, 1.807) is 0 Å². The van der Waals surface area contributed by atoms with Gasteiger partial charge in [-0.25, -0.2) is 4.98 Å². The summed E-state index contributed by atoms with van der Waals surface area (Å²) in [6.07, 6.45) is 1.16. The highest BCUT2D eigenvalue weighted by molar-refractivity contribution is 7.09. The van der Waals surface area contributed by atoms with E-state index in [0.29, 0.717) is 6.61 Å². The van der Waals surface area contributed by atoms with Crippen LogP contribution in [0.1, 0.15) is 49.0 Å². The molecule has 1 heterocycles. The van der Waals surface area contributed by atoms with Gasteiger partial charge in [-0.1, -0.05) is 61.9 Å². The number of rotatable bonds is 9. The molecule has 3 aromatic rings. The van der Waals surface area contributed by atoms with E-state index in [-0.39, 0.29) is 23.8 Å². The number of amides is 1. The average Bonchev–Trinajstić information content (AvgIpc) is 3.14. The zero-order chi connectivity index (χ0) is 21.6. The number of carbonyl (C=O) groups excluding carboxylic acids is 1. The van der Waals surface area contributed by atoms with Gasteiger partial charge in [0, 0.05) is 11.4 Å². The number of benzene rings is 2. The molecule has 2 aromatic carbocycles. The zero-order valence-electron chi connectivity index (χ0n) is 18.1. The van der Waals surface area contributed by atoms with Crippen molar-refractivity contribution in [3.63, 3.8) is 0 Å². The molecule has 0 saturated heterocycles. The standard InChI is InChI=1S/C25H30N2O2S/c1-18-10-12-22(13-11-18)29-16-24-27-21(17-30-24)14-23(28)26-19(2)15-25(3,4)20-8-6-5-7-9-20/h5-13,17,19H,14-16H2,1-4H3,(H,26,28). The molecule has 30 heavy (non-hydrogen) atoms. The lowest BCUT2D eigenvalue weighted by molar-refractivity contribution is -0.121. The number of ether oxygens (including phenoxy) is 1. The summed E-state index contributed by atoms with van der Waals surface area (Å²) in [6.45, 7) is 8.95. The van der Waals surface area contributed by atoms with Gasteiger partial charge in [-0.05, 0) is 43.4 Å². The monoisotopic (exact) mass is 422 g/mol. The SMILES string of the molecule is Cc1ccc(OCc2nc(CC(=O)NC(C)CC(C)(C)c3ccccc3)cs2)cc1. The van der Waals surface area contributed by atoms with Crippen LogP contribution >= 0.6 is 11.3 Å². The Bertz CT molecular complexity index is 949. The van der Waals surface area contributed by atoms with Crippen LogP contribution in [-0.2, 0) is 23.2 Å². The Balaban J connectivity index is 1.47. The van der Waals surface area contributed by atoms with Crippen LogP contribution in [0.15, 0.2) is 60.0 Å². The molecule has 0 spiro atoms. The lowest BCUT2D eigenvalue weighted by Gasteiger charge is -2.29. The van der Waals surface area contributed by atoms with E-state index < -0.39 is 0 Å². The fraction of sp³-hybridized carbons (Fsp3) is 0.360. The molecule has 0 aliphatic rings. The van der Waals surface area contributed by atoms with Crippen LogP contribution in [0.4, 0.5) is 0 Å². The Morgan fingerprint density at radius 2 is 1.83 bits per heavy atom. The number of aromatic nitrogens is 1. The van der Waals surface area contributed by atoms with Crippen molar-refractivity contribution in [3.8, 4) is 5.75 Å². The molecule has 1 N–H and O–H groups in total. The minimum atomic E-state index is -0.00489. The summed E-state index contributed by atoms with van der Waals surface area (Å²) >= 11 is 1.52. The van der Waals surface area contributed by atoms with E-state index >= 15 is 0 Å². The number of carbonyl (C=O) groups is 1. The number of hydrogen-bond donors (Lipinski definition) is 1. The molecule has 1 aromatic heterocycles. The number of nitrogens with zero attached hydrogens (tertiary/aromatic N) is 1. The van der Waals surface area contributed by atoms with Crippen LogP contribution in [0, 0.1) is 6.92 Å². The van der Waals surface area contributed by atoms with Crippen molar-refractivity contribution in [1.82, 2.24) is 10.3 Å². The first kappa shape index (κ1) is 22.0. The third kappa shape index (κ3) is 6.42. The van der Waals surface area contributed by atoms with Crippen LogP contribution in [-0.4, -0.2) is 16.9 Å². The van der Waals surface area contributed by atoms with E-state index in [2.05, 4.69) is 55.3 Å². The van der Waals surface area contributed by atoms with Gasteiger partial charge in [-0.2, -0.15) is 0 Å². The summed E-state index contributed by atoms with van der Waals surface area (Å²) < 4.78 is 5.77. The summed E-state index contributed by atoms with van der Waals surface area (Å²) in [5.74, 6) is 0.826. The molecule has 1 atom stereocenters. The molecule has 0 aliphatic carbocycles. The minimum absolute atomic E-state index is 0.00247. The van der Waals surface area contributed by atoms with E-state index in [1.165, 1.54) is 22.5 Å². The Morgan fingerprint density at radius 3 is 2.53 bits per heavy atom. The molecule has 1 amide bonds. The summed E-state index contributed by atoms with van der Waals surface area (Å²) in [5.41, 5.74) is 3.26. The number of hydrogen-bond acceptors (Lipinski definition) is 4. The average molecular weight is 423 g/mol. The molecule has 0 radical (unpaired) electrons. The number of aryl methyl sites for hydroxylation is 1. The second kappa shape index (κ2) is 9.90. The van der Waals surface area contributed by atoms with Gasteiger partial charge < -0.3 is 10.1 Å². The highest BCUT2D eigenvalue weighted by atomic mass is 32.1. The van der Waals surface area contributed by atoms with Crippen molar-refractivity contribution in [2.45, 2.75) is 58.6 Å². The highest BCUT2D eigenvalue weighted by Gasteiger charge is 2.24. The first-order valence-electron chi connectivity index (χ1n) is 10.3. The molecule has 0 fully saturated rings. The van der Waals surface area contributed by atoms with Gasteiger partial charge in [0.1, 0.15) is 17.4 Å². The first-order valence-corrected chi connectivity index (χ1v) is 11.2. The predicted molar refractivity (Wildman–Crippen MR) is 123 cm³/mol. The van der Waals surface area contributed by atoms with Gasteiger partial charge in [0.05, 0.1) is 12.1 Å². The van der Waals surface area contributed by atoms with Crippen LogP contribution in [0.2, 0.25) is 0 Å². The van der Waals surface area contributed by atoms with Crippen molar-refractivity contribution in [3.05, 3.63) is 81.8 Å². The highest BCUT2D eigenvalue weighted by Crippen LogP contribution is 2.28. The summed E-state index contributed by atoms with van der Waals surface area (Å²) in [7, 11) is 0. The smallest absolute Gasteiger partial charge is 0.226 e. The lowest BCUT2D eigenvalue weighted by Crippen LogP contribution is -2.38. The second-order valence-corrected chi connectivity index (χ2v) is 9.38. The summed E-state index contributed by atoms with van der Waals surface area (Å²) in [6, 6.07) is 18.5. The zero-order valence-corrected chi connectivity index (χ0v) is 19.0. The fourth-order valence-electron chi connectivity index (χ4n) is 3.59. The fourth-order valence-corrected chi connectivity index (χ4v) is 4.30. The minimum Gasteiger partial charge on any atom is -0.486 e. The third-order valence-electron chi connectivity index (χ3n) is 5.10. The van der Waals surface area contributed by atoms with Crippen LogP contribution in [0.5, 0.6) is 5.75 Å². The van der Waals surface area contributed by atoms with Crippen molar-refractivity contribution in [1.29, 1.82) is 0 Å². The van der Waals surface area contributed by atoms with Crippen molar-refractivity contribution >= 4 is 17.2 Å². The van der Waals surface area contributed by atoms with Gasteiger partial charge >= 0.3 is 0 Å². The normalized spacial score (nSPS) is 12.4. The summed E-state index contributed by atoms with van der Waals surface area (Å²) in [5, 5.41) is 5.93. The maximum Gasteiger partial charge on any atom is 0.226 e. The Labute approximate surface area is 183 Å². The molecule has 158 valence electrons. The van der Waals surface area contributed by atoms with E-state index in [4.69, 9.17) is 4.74 Å². The second-order valence-electron chi connectivity index (χ2n) is 8.43. The Kier molecular flexibility index (Phi) is 7.27. The van der Waals surface area contributed by atoms with Crippen molar-refractivity contribution in [2.24, 2.45) is 0 Å². The molecule has 3 rings (SSSR count). The van der Waals surface area contributed by atoms with Crippen LogP contribution in [0.3, 0.4) is 0 Å². The molecular weight excluding hydrogens is 392 g/mol. The maximum absolute atomic E-state index is 12.5. The topological polar surface area (TPSA) is 51.2 Å². The lowest BCUT2D eigenvalue weighted by atomic mass is 9.79. The predicted octanol–water partition coefficient (Wildman–Crippen LogP) is 5.45. The molecule has 1 unspecified atom stereocenters. The largest absolute Gasteiger partial charge is 0.486 e. The third-order valence-corrected chi connectivity index (χ3v) is 5.97. The first-order chi connectivity index (χ1) is 14.3. The van der Waals surface area contributed by atoms with Gasteiger partial charge in [-0.15, -0.1) is 11.3 Å². The number of thiazole rings is 1. The maximum atomic E-state index is 12.5. The Hall–Kier alpha value is -2.66. The summed E-state index contributed by atoms with van der Waals surface area (Å²) in [4.78, 5) is 17.0. The van der Waals surface area contributed by atoms with E-state index in [0.717, 1.165) is 22.9 Å². The van der Waals surface area contributed by atoms with Gasteiger partial charge in [0.25, 0.3) is 0 Å². The molecule has 0 saturated carbocycles. The molecule has 0 bridgehead atoms. The molecule has 4 nitrogen and oxygen atoms in total. The van der Waals surface area contributed by atoms with E-state index in [9.17, 15) is 4.79 Å². The van der Waals surface area contributed by atoms with Crippen LogP contribution in [0.25, 0.3) is 0 Å². The van der Waals surface area contributed by atoms with Crippen molar-refractivity contribution in [2.75, 3.05) is 0 Å². The molecule has 5 heteroatoms. The molecule has 0 aliphatic heterocycles. The van der Waals surface area contributed by atoms with Gasteiger partial charge in [0.2, 0.25) is 5.91 Å². The van der Waals surface area contributed by atoms with Gasteiger partial charge in [-0.3, -0.25) is 4.79 Å². The van der Waals surface area contributed by atoms with Crippen molar-refractivity contribution < 1.29 is 9.53 Å². The number of nitrogens with one attached hydrogen (secondary N) is 1. The quantitative estimate of drug-likeness (QED) is 0.499. The van der Waals surface area contributed by atoms with Crippen LogP contribution < -0.4 is 10.1 Å². The molecular formula is C25H30N2O2S. The van der Waals surface area contributed by atoms with Gasteiger partial charge in [0.15, 0.2) is 0 Å². The van der Waals surface area contributed by atoms with E-state index in [1.807, 2.05) is 42.6 Å². The Morgan fingerprint density at radius 1 is 1.13 bits per heavy atom.